The molecule has 1 radical (unpaired) electrons. The number of aryl methyl sites for hydroxylation is 2. The van der Waals surface area contributed by atoms with Crippen LogP contribution in [0.3, 0.4) is 0 Å². The molecular weight excluding hydrogens is 825 g/mol. The molecule has 0 fully saturated rings. The Hall–Kier alpha value is -4.89. The van der Waals surface area contributed by atoms with Gasteiger partial charge in [-0.15, -0.1) is 47.5 Å². The second-order valence-corrected chi connectivity index (χ2v) is 15.2. The molecular formula is C49H46IrN2O-2. The third-order valence-electron chi connectivity index (χ3n) is 8.98. The molecule has 4 heteroatoms. The number of benzene rings is 5. The number of rotatable bonds is 4. The molecule has 3 aromatic heterocycles. The van der Waals surface area contributed by atoms with E-state index in [1.807, 2.05) is 87.5 Å². The molecule has 0 amide bonds. The van der Waals surface area contributed by atoms with Gasteiger partial charge in [-0.3, -0.25) is 0 Å². The van der Waals surface area contributed by atoms with Crippen LogP contribution < -0.4 is 0 Å². The van der Waals surface area contributed by atoms with Gasteiger partial charge in [-0.1, -0.05) is 149 Å². The summed E-state index contributed by atoms with van der Waals surface area (Å²) in [5.41, 5.74) is 8.35. The van der Waals surface area contributed by atoms with E-state index in [-0.39, 0.29) is 38.0 Å². The minimum absolute atomic E-state index is 0. The van der Waals surface area contributed by atoms with Crippen LogP contribution in [-0.2, 0) is 31.9 Å². The zero-order chi connectivity index (χ0) is 41.6. The van der Waals surface area contributed by atoms with Crippen LogP contribution in [0.4, 0.5) is 0 Å². The molecule has 8 aromatic rings. The van der Waals surface area contributed by atoms with E-state index in [4.69, 9.17) is 12.6 Å². The average Bonchev–Trinajstić information content (AvgIpc) is 3.59. The first-order valence-electron chi connectivity index (χ1n) is 20.7. The van der Waals surface area contributed by atoms with Gasteiger partial charge < -0.3 is 14.4 Å². The Morgan fingerprint density at radius 2 is 1.55 bits per heavy atom. The van der Waals surface area contributed by atoms with E-state index >= 15 is 0 Å². The molecule has 0 saturated carbocycles. The van der Waals surface area contributed by atoms with Crippen molar-refractivity contribution < 1.29 is 32.7 Å². The summed E-state index contributed by atoms with van der Waals surface area (Å²) in [5, 5.41) is 4.43. The van der Waals surface area contributed by atoms with Crippen LogP contribution in [0.15, 0.2) is 126 Å². The third-order valence-corrected chi connectivity index (χ3v) is 8.98. The number of furan rings is 1. The Morgan fingerprint density at radius 1 is 0.755 bits per heavy atom. The summed E-state index contributed by atoms with van der Waals surface area (Å²) in [4.78, 5) is 8.96. The summed E-state index contributed by atoms with van der Waals surface area (Å²) < 4.78 is 54.8. The van der Waals surface area contributed by atoms with Gasteiger partial charge in [0.15, 0.2) is 0 Å². The first kappa shape index (κ1) is 30.6. The Kier molecular flexibility index (Phi) is 8.78. The van der Waals surface area contributed by atoms with Gasteiger partial charge in [-0.25, -0.2) is 0 Å². The van der Waals surface area contributed by atoms with Gasteiger partial charge in [0.25, 0.3) is 0 Å². The predicted molar refractivity (Wildman–Crippen MR) is 219 cm³/mol. The van der Waals surface area contributed by atoms with Gasteiger partial charge in [0.05, 0.1) is 5.58 Å². The second kappa shape index (κ2) is 15.2. The molecule has 0 aliphatic carbocycles. The van der Waals surface area contributed by atoms with Crippen molar-refractivity contribution >= 4 is 32.7 Å². The molecule has 0 saturated heterocycles. The van der Waals surface area contributed by atoms with Crippen molar-refractivity contribution in [1.29, 1.82) is 0 Å². The van der Waals surface area contributed by atoms with Gasteiger partial charge in [0.1, 0.15) is 5.58 Å². The smallest absolute Gasteiger partial charge is 0.128 e. The molecule has 0 aliphatic rings. The third kappa shape index (κ3) is 8.36. The van der Waals surface area contributed by atoms with E-state index < -0.39 is 18.6 Å². The molecule has 0 spiro atoms. The minimum atomic E-state index is -2.27. The summed E-state index contributed by atoms with van der Waals surface area (Å²) in [6.45, 7) is 9.97. The van der Waals surface area contributed by atoms with E-state index in [0.717, 1.165) is 55.1 Å². The minimum Gasteiger partial charge on any atom is -0.500 e. The van der Waals surface area contributed by atoms with Crippen LogP contribution in [0.1, 0.15) is 72.0 Å². The monoisotopic (exact) mass is 877 g/mol. The molecule has 8 rings (SSSR count). The molecule has 53 heavy (non-hydrogen) atoms. The van der Waals surface area contributed by atoms with Crippen molar-refractivity contribution in [3.05, 3.63) is 156 Å². The number of fused-ring (bicyclic) bond motifs is 5. The van der Waals surface area contributed by atoms with Gasteiger partial charge in [-0.2, -0.15) is 0 Å². The maximum Gasteiger partial charge on any atom is 0.128 e. The van der Waals surface area contributed by atoms with Crippen LogP contribution in [0.5, 0.6) is 0 Å². The summed E-state index contributed by atoms with van der Waals surface area (Å²) in [6, 6.07) is 41.4. The number of hydrogen-bond acceptors (Lipinski definition) is 3. The van der Waals surface area contributed by atoms with Gasteiger partial charge >= 0.3 is 0 Å². The zero-order valence-corrected chi connectivity index (χ0v) is 33.3. The Balaban J connectivity index is 0.000000201. The second-order valence-electron chi connectivity index (χ2n) is 15.2. The molecule has 3 heterocycles. The number of hydrogen-bond donors (Lipinski definition) is 0. The van der Waals surface area contributed by atoms with Crippen LogP contribution in [0.2, 0.25) is 0 Å². The standard InChI is InChI=1S/C27H32N.C22H14NO.Ir/c1-19-8-10-22(25-15-9-20(18-28-25)17-26(2,3)4)16-24(19)21-11-13-23(14-12-21)27(5,6)7;1-14-11-12-23-20(13-14)19-8-4-7-17-18-10-9-15-5-2-3-6-16(15)21(18)24-22(17)19;/h8-9,11-16,18H,17H2,1-7H3;2-7,9-13H,1H3;/q2*-1;/i1D3,17D2;1D;. The Labute approximate surface area is 336 Å². The van der Waals surface area contributed by atoms with Gasteiger partial charge in [0, 0.05) is 51.5 Å². The van der Waals surface area contributed by atoms with E-state index in [0.29, 0.717) is 22.4 Å². The molecule has 0 unspecified atom stereocenters. The molecule has 0 atom stereocenters. The van der Waals surface area contributed by atoms with Crippen molar-refractivity contribution in [2.24, 2.45) is 5.41 Å². The molecule has 269 valence electrons. The van der Waals surface area contributed by atoms with Crippen molar-refractivity contribution in [2.45, 2.75) is 67.1 Å². The fourth-order valence-electron chi connectivity index (χ4n) is 6.36. The summed E-state index contributed by atoms with van der Waals surface area (Å²) in [7, 11) is 0. The topological polar surface area (TPSA) is 38.9 Å². The maximum absolute atomic E-state index is 8.45. The Morgan fingerprint density at radius 3 is 2.26 bits per heavy atom. The largest absolute Gasteiger partial charge is 0.500 e. The van der Waals surface area contributed by atoms with Crippen LogP contribution in [0, 0.1) is 31.3 Å². The van der Waals surface area contributed by atoms with Crippen LogP contribution >= 0.6 is 0 Å². The number of pyridine rings is 2. The molecule has 0 N–H and O–H groups in total. The first-order valence-corrected chi connectivity index (χ1v) is 17.5. The van der Waals surface area contributed by atoms with E-state index in [1.54, 1.807) is 24.5 Å². The van der Waals surface area contributed by atoms with Crippen LogP contribution in [-0.4, -0.2) is 9.97 Å². The van der Waals surface area contributed by atoms with E-state index in [2.05, 4.69) is 67.1 Å². The van der Waals surface area contributed by atoms with E-state index in [9.17, 15) is 0 Å². The van der Waals surface area contributed by atoms with Crippen molar-refractivity contribution in [3.63, 3.8) is 0 Å². The summed E-state index contributed by atoms with van der Waals surface area (Å²) in [6.07, 6.45) is 1.77. The molecule has 0 bridgehead atoms. The zero-order valence-electron chi connectivity index (χ0n) is 36.9. The fraction of sp³-hybridized carbons (Fsp3) is 0.224. The first-order chi connectivity index (χ1) is 27.4. The summed E-state index contributed by atoms with van der Waals surface area (Å²) in [5.74, 6) is 0. The van der Waals surface area contributed by atoms with Crippen LogP contribution in [0.25, 0.3) is 66.4 Å². The fourth-order valence-corrected chi connectivity index (χ4v) is 6.36. The average molecular weight is 877 g/mol. The molecule has 0 aliphatic heterocycles. The predicted octanol–water partition coefficient (Wildman–Crippen LogP) is 13.3. The summed E-state index contributed by atoms with van der Waals surface area (Å²) >= 11 is 0. The van der Waals surface area contributed by atoms with Gasteiger partial charge in [-0.05, 0) is 63.6 Å². The van der Waals surface area contributed by atoms with Crippen molar-refractivity contribution in [1.82, 2.24) is 9.97 Å². The van der Waals surface area contributed by atoms with Gasteiger partial charge in [0.2, 0.25) is 0 Å². The van der Waals surface area contributed by atoms with Crippen molar-refractivity contribution in [3.8, 4) is 33.6 Å². The molecule has 3 nitrogen and oxygen atoms in total. The maximum atomic E-state index is 8.45. The Bertz CT molecular complexity index is 2740. The van der Waals surface area contributed by atoms with E-state index in [1.165, 1.54) is 11.6 Å². The van der Waals surface area contributed by atoms with Crippen molar-refractivity contribution in [2.75, 3.05) is 0 Å². The normalized spacial score (nSPS) is 13.8. The SMILES string of the molecule is [2H]C([2H])([2H])c1c[c-]c(-c2ccc(C([2H])([2H])C(C)(C)C)cn2)cc1-c1ccc(C(C)(C)C)cc1.[2H]Cc1ccnc(-c2[c-]ccc3c2oc2c4ccccc4ccc32)c1.[Ir]. The number of aromatic nitrogens is 2. The number of nitrogens with zero attached hydrogens (tertiary/aromatic N) is 2. The molecule has 5 aromatic carbocycles. The quantitative estimate of drug-likeness (QED) is 0.165.